The van der Waals surface area contributed by atoms with Crippen molar-refractivity contribution in [3.8, 4) is 11.5 Å². The van der Waals surface area contributed by atoms with Gasteiger partial charge in [-0.15, -0.1) is 11.6 Å². The molecule has 13 heteroatoms. The molecule has 1 unspecified atom stereocenters. The number of fused-ring (bicyclic) bond motifs is 1. The van der Waals surface area contributed by atoms with Crippen LogP contribution in [0.1, 0.15) is 68.8 Å². The summed E-state index contributed by atoms with van der Waals surface area (Å²) >= 11 is 5.68. The molecule has 3 atom stereocenters. The normalized spacial score (nSPS) is 20.7. The molecular weight excluding hydrogens is 620 g/mol. The lowest BCUT2D eigenvalue weighted by Gasteiger charge is -2.27. The molecule has 2 aliphatic heterocycles. The van der Waals surface area contributed by atoms with Gasteiger partial charge in [-0.3, -0.25) is 14.4 Å². The van der Waals surface area contributed by atoms with Crippen LogP contribution < -0.4 is 15.0 Å². The maximum atomic E-state index is 13.7. The van der Waals surface area contributed by atoms with Gasteiger partial charge in [0.05, 0.1) is 6.04 Å². The van der Waals surface area contributed by atoms with Crippen molar-refractivity contribution in [2.75, 3.05) is 52.4 Å². The lowest BCUT2D eigenvalue weighted by Crippen LogP contribution is -2.40. The molecule has 0 saturated carbocycles. The third-order valence-electron chi connectivity index (χ3n) is 7.21. The second-order valence-electron chi connectivity index (χ2n) is 10.8. The molecule has 0 spiro atoms. The van der Waals surface area contributed by atoms with Crippen LogP contribution in [-0.2, 0) is 39.8 Å². The fraction of sp³-hybridized carbons (Fsp3) is 0.606. The molecule has 2 heterocycles. The average molecular weight is 667 g/mol. The number of cyclic esters (lactones) is 1. The van der Waals surface area contributed by atoms with Crippen molar-refractivity contribution in [2.45, 2.75) is 77.5 Å². The number of ether oxygens (including phenoxy) is 6. The van der Waals surface area contributed by atoms with E-state index in [1.54, 1.807) is 36.1 Å². The van der Waals surface area contributed by atoms with Crippen LogP contribution >= 0.6 is 11.6 Å². The highest BCUT2D eigenvalue weighted by Crippen LogP contribution is 2.32. The summed E-state index contributed by atoms with van der Waals surface area (Å²) < 4.78 is 33.8. The zero-order valence-corrected chi connectivity index (χ0v) is 27.8. The van der Waals surface area contributed by atoms with E-state index < -0.39 is 30.2 Å². The lowest BCUT2D eigenvalue weighted by molar-refractivity contribution is -0.143. The Balaban J connectivity index is 1.96. The van der Waals surface area contributed by atoms with Gasteiger partial charge in [0.25, 0.3) is 5.91 Å². The van der Waals surface area contributed by atoms with E-state index in [-0.39, 0.29) is 49.7 Å². The molecule has 12 nitrogen and oxygen atoms in total. The summed E-state index contributed by atoms with van der Waals surface area (Å²) in [5.41, 5.74) is 3.74. The first-order chi connectivity index (χ1) is 22.3. The zero-order chi connectivity index (χ0) is 33.1. The van der Waals surface area contributed by atoms with Gasteiger partial charge < -0.3 is 33.3 Å². The SMILES string of the molecule is CCOCOc1cc2c(c(OCOCC)c1)C(=O)O[C@H](C)CC=C[C@@H](OC(=O)CCl)CC=CC(NOCC(=O)N1CCCCC1)C2. The maximum absolute atomic E-state index is 13.7. The standard InChI is InChI=1S/C33H47ClN2O10/c1-4-40-22-42-28-18-25-17-26(35-44-21-30(37)36-15-7-6-8-16-36)12-10-14-27(46-31(38)20-34)13-9-11-24(3)45-33(39)32(25)29(19-28)43-23-41-5-2/h9-10,12-13,18-19,24,26-27,35H,4-8,11,14-17,20-23H2,1-3H3/t24-,26?,27-/m1/s1. The molecule has 0 bridgehead atoms. The van der Waals surface area contributed by atoms with Gasteiger partial charge in [-0.2, -0.15) is 5.48 Å². The van der Waals surface area contributed by atoms with Crippen LogP contribution in [0.4, 0.5) is 0 Å². The topological polar surface area (TPSA) is 131 Å². The molecular formula is C33H47ClN2O10. The number of rotatable bonds is 14. The number of piperidine rings is 1. The third kappa shape index (κ3) is 12.9. The number of likely N-dealkylation sites (tertiary alicyclic amines) is 1. The molecule has 0 aliphatic carbocycles. The number of hydrogen-bond donors (Lipinski definition) is 1. The molecule has 1 N–H and O–H groups in total. The van der Waals surface area contributed by atoms with Crippen LogP contribution in [0.2, 0.25) is 0 Å². The molecule has 0 aromatic heterocycles. The Kier molecular flexibility index (Phi) is 16.9. The fourth-order valence-corrected chi connectivity index (χ4v) is 4.97. The van der Waals surface area contributed by atoms with E-state index in [1.165, 1.54) is 0 Å². The zero-order valence-electron chi connectivity index (χ0n) is 27.0. The predicted octanol–water partition coefficient (Wildman–Crippen LogP) is 4.48. The summed E-state index contributed by atoms with van der Waals surface area (Å²) in [6.07, 6.45) is 10.1. The predicted molar refractivity (Wildman–Crippen MR) is 171 cm³/mol. The molecule has 0 radical (unpaired) electrons. The average Bonchev–Trinajstić information content (AvgIpc) is 3.04. The summed E-state index contributed by atoms with van der Waals surface area (Å²) in [6, 6.07) is 2.80. The molecule has 1 saturated heterocycles. The number of carbonyl (C=O) groups excluding carboxylic acids is 3. The van der Waals surface area contributed by atoms with Crippen LogP contribution in [0.15, 0.2) is 36.4 Å². The van der Waals surface area contributed by atoms with E-state index in [0.29, 0.717) is 50.5 Å². The Labute approximate surface area is 276 Å². The Hall–Kier alpha value is -3.16. The third-order valence-corrected chi connectivity index (χ3v) is 7.43. The van der Waals surface area contributed by atoms with Gasteiger partial charge in [0.2, 0.25) is 0 Å². The molecule has 3 rings (SSSR count). The van der Waals surface area contributed by atoms with Crippen LogP contribution in [0.25, 0.3) is 0 Å². The number of hydrogen-bond acceptors (Lipinski definition) is 11. The van der Waals surface area contributed by atoms with Crippen LogP contribution in [0, 0.1) is 0 Å². The maximum Gasteiger partial charge on any atom is 0.342 e. The van der Waals surface area contributed by atoms with Crippen molar-refractivity contribution in [2.24, 2.45) is 0 Å². The molecule has 256 valence electrons. The van der Waals surface area contributed by atoms with Gasteiger partial charge in [-0.25, -0.2) is 4.79 Å². The number of alkyl halides is 1. The summed E-state index contributed by atoms with van der Waals surface area (Å²) in [7, 11) is 0. The Morgan fingerprint density at radius 1 is 1.00 bits per heavy atom. The first-order valence-corrected chi connectivity index (χ1v) is 16.4. The van der Waals surface area contributed by atoms with Crippen molar-refractivity contribution in [3.63, 3.8) is 0 Å². The van der Waals surface area contributed by atoms with Gasteiger partial charge in [0.1, 0.15) is 41.8 Å². The summed E-state index contributed by atoms with van der Waals surface area (Å²) in [5.74, 6) is -0.873. The number of esters is 2. The summed E-state index contributed by atoms with van der Waals surface area (Å²) in [5, 5.41) is 0. The molecule has 1 fully saturated rings. The van der Waals surface area contributed by atoms with Crippen molar-refractivity contribution in [1.82, 2.24) is 10.4 Å². The van der Waals surface area contributed by atoms with E-state index in [1.807, 2.05) is 26.0 Å². The number of nitrogens with one attached hydrogen (secondary N) is 1. The number of hydroxylamine groups is 1. The Bertz CT molecular complexity index is 1170. The molecule has 2 aliphatic rings. The quantitative estimate of drug-likeness (QED) is 0.0753. The van der Waals surface area contributed by atoms with E-state index >= 15 is 0 Å². The minimum absolute atomic E-state index is 0.000281. The minimum Gasteiger partial charge on any atom is -0.467 e. The summed E-state index contributed by atoms with van der Waals surface area (Å²) in [6.45, 7) is 7.52. The van der Waals surface area contributed by atoms with Crippen molar-refractivity contribution in [3.05, 3.63) is 47.6 Å². The van der Waals surface area contributed by atoms with Gasteiger partial charge in [0, 0.05) is 45.2 Å². The first-order valence-electron chi connectivity index (χ1n) is 15.9. The Morgan fingerprint density at radius 2 is 1.72 bits per heavy atom. The number of nitrogens with zero attached hydrogens (tertiary/aromatic N) is 1. The second kappa shape index (κ2) is 20.9. The van der Waals surface area contributed by atoms with Gasteiger partial charge >= 0.3 is 11.9 Å². The first kappa shape index (κ1) is 37.3. The van der Waals surface area contributed by atoms with Crippen molar-refractivity contribution >= 4 is 29.4 Å². The highest BCUT2D eigenvalue weighted by molar-refractivity contribution is 6.26. The lowest BCUT2D eigenvalue weighted by atomic mass is 9.98. The molecule has 1 amide bonds. The fourth-order valence-electron chi connectivity index (χ4n) is 4.90. The van der Waals surface area contributed by atoms with Gasteiger partial charge in [-0.1, -0.05) is 18.2 Å². The Morgan fingerprint density at radius 3 is 2.43 bits per heavy atom. The number of benzene rings is 1. The molecule has 1 aromatic rings. The van der Waals surface area contributed by atoms with E-state index in [0.717, 1.165) is 19.3 Å². The number of carbonyl (C=O) groups is 3. The van der Waals surface area contributed by atoms with E-state index in [4.69, 9.17) is 44.9 Å². The minimum atomic E-state index is -0.593. The van der Waals surface area contributed by atoms with Crippen LogP contribution in [0.3, 0.4) is 0 Å². The largest absolute Gasteiger partial charge is 0.467 e. The highest BCUT2D eigenvalue weighted by Gasteiger charge is 2.26. The van der Waals surface area contributed by atoms with Crippen molar-refractivity contribution in [1.29, 1.82) is 0 Å². The van der Waals surface area contributed by atoms with Gasteiger partial charge in [-0.05, 0) is 64.2 Å². The van der Waals surface area contributed by atoms with Crippen LogP contribution in [-0.4, -0.2) is 93.4 Å². The smallest absolute Gasteiger partial charge is 0.342 e. The molecule has 46 heavy (non-hydrogen) atoms. The highest BCUT2D eigenvalue weighted by atomic mass is 35.5. The van der Waals surface area contributed by atoms with Crippen molar-refractivity contribution < 1.29 is 47.6 Å². The number of halogens is 1. The summed E-state index contributed by atoms with van der Waals surface area (Å²) in [4.78, 5) is 45.9. The van der Waals surface area contributed by atoms with E-state index in [9.17, 15) is 14.4 Å². The second-order valence-corrected chi connectivity index (χ2v) is 11.1. The van der Waals surface area contributed by atoms with Crippen LogP contribution in [0.5, 0.6) is 11.5 Å². The number of amides is 1. The molecule has 1 aromatic carbocycles. The monoisotopic (exact) mass is 666 g/mol. The van der Waals surface area contributed by atoms with E-state index in [2.05, 4.69) is 5.48 Å². The van der Waals surface area contributed by atoms with Gasteiger partial charge in [0.15, 0.2) is 13.6 Å².